The number of hydrogen-bond donors (Lipinski definition) is 1. The van der Waals surface area contributed by atoms with Crippen LogP contribution >= 0.6 is 23.2 Å². The Balaban J connectivity index is 2.28. The molecule has 98 valence electrons. The second kappa shape index (κ2) is 5.55. The van der Waals surface area contributed by atoms with E-state index in [-0.39, 0.29) is 21.3 Å². The van der Waals surface area contributed by atoms with Crippen molar-refractivity contribution in [2.45, 2.75) is 0 Å². The summed E-state index contributed by atoms with van der Waals surface area (Å²) in [6, 6.07) is 7.55. The molecule has 0 spiro atoms. The van der Waals surface area contributed by atoms with Gasteiger partial charge in [-0.3, -0.25) is 4.79 Å². The molecule has 0 aliphatic rings. The molecule has 1 N–H and O–H groups in total. The third kappa shape index (κ3) is 3.03. The molecule has 6 heteroatoms. The first kappa shape index (κ1) is 13.8. The Kier molecular flexibility index (Phi) is 4.02. The number of rotatable bonds is 2. The molecule has 0 unspecified atom stereocenters. The van der Waals surface area contributed by atoms with E-state index in [4.69, 9.17) is 23.2 Å². The number of carbonyl (C=O) groups excluding carboxylic acids is 1. The summed E-state index contributed by atoms with van der Waals surface area (Å²) in [5.74, 6) is -2.08. The van der Waals surface area contributed by atoms with Crippen LogP contribution in [0.5, 0.6) is 0 Å². The zero-order valence-corrected chi connectivity index (χ0v) is 10.9. The van der Waals surface area contributed by atoms with Crippen LogP contribution in [0.1, 0.15) is 10.4 Å². The molecule has 0 bridgehead atoms. The van der Waals surface area contributed by atoms with Gasteiger partial charge in [-0.15, -0.1) is 0 Å². The Morgan fingerprint density at radius 1 is 1.00 bits per heavy atom. The fourth-order valence-electron chi connectivity index (χ4n) is 1.48. The van der Waals surface area contributed by atoms with Gasteiger partial charge in [0.05, 0.1) is 15.6 Å². The summed E-state index contributed by atoms with van der Waals surface area (Å²) >= 11 is 11.3. The molecule has 2 nitrogen and oxygen atoms in total. The highest BCUT2D eigenvalue weighted by Gasteiger charge is 2.16. The predicted octanol–water partition coefficient (Wildman–Crippen LogP) is 4.52. The molecule has 1 amide bonds. The van der Waals surface area contributed by atoms with Crippen molar-refractivity contribution in [3.8, 4) is 0 Å². The van der Waals surface area contributed by atoms with Crippen LogP contribution in [0.25, 0.3) is 0 Å². The molecule has 0 aliphatic carbocycles. The Labute approximate surface area is 118 Å². The molecule has 0 heterocycles. The fraction of sp³-hybridized carbons (Fsp3) is 0. The monoisotopic (exact) mass is 301 g/mol. The Morgan fingerprint density at radius 3 is 2.37 bits per heavy atom. The van der Waals surface area contributed by atoms with Gasteiger partial charge in [0.15, 0.2) is 0 Å². The van der Waals surface area contributed by atoms with E-state index in [1.165, 1.54) is 24.3 Å². The fourth-order valence-corrected chi connectivity index (χ4v) is 1.91. The lowest BCUT2D eigenvalue weighted by Gasteiger charge is -2.08. The van der Waals surface area contributed by atoms with Gasteiger partial charge < -0.3 is 5.32 Å². The molecule has 19 heavy (non-hydrogen) atoms. The third-order valence-corrected chi connectivity index (χ3v) is 2.97. The first-order chi connectivity index (χ1) is 8.99. The van der Waals surface area contributed by atoms with Crippen LogP contribution in [-0.2, 0) is 0 Å². The van der Waals surface area contributed by atoms with Crippen LogP contribution in [0.3, 0.4) is 0 Å². The summed E-state index contributed by atoms with van der Waals surface area (Å²) in [6.45, 7) is 0. The molecule has 0 aliphatic heterocycles. The van der Waals surface area contributed by atoms with Gasteiger partial charge in [0, 0.05) is 5.69 Å². The first-order valence-corrected chi connectivity index (χ1v) is 5.95. The molecule has 0 saturated heterocycles. The molecule has 2 rings (SSSR count). The van der Waals surface area contributed by atoms with Crippen LogP contribution in [0, 0.1) is 11.6 Å². The highest BCUT2D eigenvalue weighted by Crippen LogP contribution is 2.23. The molecule has 0 aromatic heterocycles. The van der Waals surface area contributed by atoms with E-state index in [2.05, 4.69) is 5.32 Å². The minimum absolute atomic E-state index is 0.00860. The summed E-state index contributed by atoms with van der Waals surface area (Å²) in [5, 5.41) is 2.24. The van der Waals surface area contributed by atoms with Crippen molar-refractivity contribution in [3.63, 3.8) is 0 Å². The summed E-state index contributed by atoms with van der Waals surface area (Å²) in [6.07, 6.45) is 0. The Hall–Kier alpha value is -1.65. The minimum atomic E-state index is -0.738. The molecule has 0 saturated carbocycles. The van der Waals surface area contributed by atoms with Gasteiger partial charge in [-0.25, -0.2) is 8.78 Å². The van der Waals surface area contributed by atoms with Crippen LogP contribution in [0.2, 0.25) is 10.0 Å². The number of amides is 1. The maximum absolute atomic E-state index is 13.5. The second-order valence-electron chi connectivity index (χ2n) is 3.68. The topological polar surface area (TPSA) is 29.1 Å². The second-order valence-corrected chi connectivity index (χ2v) is 4.49. The largest absolute Gasteiger partial charge is 0.322 e. The molecule has 0 fully saturated rings. The van der Waals surface area contributed by atoms with E-state index in [0.717, 1.165) is 12.1 Å². The number of halogens is 4. The lowest BCUT2D eigenvalue weighted by atomic mass is 10.2. The quantitative estimate of drug-likeness (QED) is 0.868. The molecular weight excluding hydrogens is 295 g/mol. The molecular formula is C13H7Cl2F2NO. The highest BCUT2D eigenvalue weighted by molar-refractivity contribution is 6.34. The first-order valence-electron chi connectivity index (χ1n) is 5.19. The van der Waals surface area contributed by atoms with E-state index in [9.17, 15) is 13.6 Å². The summed E-state index contributed by atoms with van der Waals surface area (Å²) in [5.41, 5.74) is -0.0275. The van der Waals surface area contributed by atoms with Gasteiger partial charge in [-0.05, 0) is 30.3 Å². The number of nitrogens with one attached hydrogen (secondary N) is 1. The van der Waals surface area contributed by atoms with Crippen LogP contribution in [0.4, 0.5) is 14.5 Å². The molecule has 2 aromatic carbocycles. The van der Waals surface area contributed by atoms with Crippen molar-refractivity contribution in [2.24, 2.45) is 0 Å². The number of anilines is 1. The van der Waals surface area contributed by atoms with Gasteiger partial charge in [0.1, 0.15) is 11.6 Å². The van der Waals surface area contributed by atoms with Gasteiger partial charge in [0.25, 0.3) is 5.91 Å². The smallest absolute Gasteiger partial charge is 0.260 e. The Morgan fingerprint density at radius 2 is 1.74 bits per heavy atom. The summed E-state index contributed by atoms with van der Waals surface area (Å²) in [4.78, 5) is 11.9. The minimum Gasteiger partial charge on any atom is -0.322 e. The molecule has 0 atom stereocenters. The zero-order chi connectivity index (χ0) is 14.0. The van der Waals surface area contributed by atoms with E-state index in [0.29, 0.717) is 0 Å². The lowest BCUT2D eigenvalue weighted by molar-refractivity contribution is 0.102. The predicted molar refractivity (Wildman–Crippen MR) is 70.8 cm³/mol. The van der Waals surface area contributed by atoms with Crippen molar-refractivity contribution in [1.29, 1.82) is 0 Å². The van der Waals surface area contributed by atoms with E-state index in [1.54, 1.807) is 0 Å². The van der Waals surface area contributed by atoms with Gasteiger partial charge >= 0.3 is 0 Å². The maximum atomic E-state index is 13.5. The van der Waals surface area contributed by atoms with E-state index < -0.39 is 17.5 Å². The van der Waals surface area contributed by atoms with Gasteiger partial charge in [-0.1, -0.05) is 29.3 Å². The van der Waals surface area contributed by atoms with Gasteiger partial charge in [0.2, 0.25) is 0 Å². The SMILES string of the molecule is O=C(Nc1ccc(F)c(Cl)c1)c1c(F)cccc1Cl. The zero-order valence-electron chi connectivity index (χ0n) is 9.38. The summed E-state index contributed by atoms with van der Waals surface area (Å²) < 4.78 is 26.5. The van der Waals surface area contributed by atoms with Gasteiger partial charge in [-0.2, -0.15) is 0 Å². The Bertz CT molecular complexity index is 626. The van der Waals surface area contributed by atoms with Crippen molar-refractivity contribution in [2.75, 3.05) is 5.32 Å². The van der Waals surface area contributed by atoms with E-state index in [1.807, 2.05) is 0 Å². The van der Waals surface area contributed by atoms with Crippen LogP contribution in [0.15, 0.2) is 36.4 Å². The van der Waals surface area contributed by atoms with Crippen LogP contribution < -0.4 is 5.32 Å². The van der Waals surface area contributed by atoms with E-state index >= 15 is 0 Å². The lowest BCUT2D eigenvalue weighted by Crippen LogP contribution is -2.14. The number of carbonyl (C=O) groups is 1. The normalized spacial score (nSPS) is 10.3. The van der Waals surface area contributed by atoms with Crippen molar-refractivity contribution < 1.29 is 13.6 Å². The third-order valence-electron chi connectivity index (χ3n) is 2.37. The molecule has 0 radical (unpaired) electrons. The average molecular weight is 302 g/mol. The van der Waals surface area contributed by atoms with Crippen LogP contribution in [-0.4, -0.2) is 5.91 Å². The maximum Gasteiger partial charge on any atom is 0.260 e. The highest BCUT2D eigenvalue weighted by atomic mass is 35.5. The number of hydrogen-bond acceptors (Lipinski definition) is 1. The summed E-state index contributed by atoms with van der Waals surface area (Å²) in [7, 11) is 0. The number of benzene rings is 2. The van der Waals surface area contributed by atoms with Crippen molar-refractivity contribution in [1.82, 2.24) is 0 Å². The van der Waals surface area contributed by atoms with Crippen molar-refractivity contribution >= 4 is 34.8 Å². The van der Waals surface area contributed by atoms with Crippen molar-refractivity contribution in [3.05, 3.63) is 63.6 Å². The molecule has 2 aromatic rings. The average Bonchev–Trinajstić information content (AvgIpc) is 2.33. The standard InChI is InChI=1S/C13H7Cl2F2NO/c14-8-2-1-3-11(17)12(8)13(19)18-7-4-5-10(16)9(15)6-7/h1-6H,(H,18,19).